The number of benzene rings is 2. The number of rotatable bonds is 10. The molecule has 5 rings (SSSR count). The van der Waals surface area contributed by atoms with Crippen molar-refractivity contribution in [2.45, 2.75) is 38.3 Å². The number of methoxy groups -OCH3 is 1. The van der Waals surface area contributed by atoms with E-state index in [-0.39, 0.29) is 0 Å². The molecule has 4 aromatic rings. The lowest BCUT2D eigenvalue weighted by atomic mass is 10.1. The van der Waals surface area contributed by atoms with E-state index >= 15 is 0 Å². The lowest BCUT2D eigenvalue weighted by Crippen LogP contribution is -2.33. The first-order valence-electron chi connectivity index (χ1n) is 12.3. The molecule has 0 saturated carbocycles. The summed E-state index contributed by atoms with van der Waals surface area (Å²) < 4.78 is 13.4. The Kier molecular flexibility index (Phi) is 7.25. The van der Waals surface area contributed by atoms with Gasteiger partial charge in [-0.2, -0.15) is 5.10 Å². The molecule has 2 aromatic carbocycles. The number of aromatic nitrogens is 3. The third kappa shape index (κ3) is 5.31. The fourth-order valence-corrected chi connectivity index (χ4v) is 5.06. The highest BCUT2D eigenvalue weighted by Crippen LogP contribution is 2.33. The van der Waals surface area contributed by atoms with Gasteiger partial charge in [-0.15, -0.1) is 0 Å². The first-order valence-corrected chi connectivity index (χ1v) is 12.3. The second-order valence-corrected chi connectivity index (χ2v) is 9.15. The van der Waals surface area contributed by atoms with Crippen LogP contribution < -0.4 is 10.5 Å². The first-order chi connectivity index (χ1) is 17.2. The van der Waals surface area contributed by atoms with Crippen molar-refractivity contribution in [2.75, 3.05) is 32.5 Å². The molecule has 0 unspecified atom stereocenters. The van der Waals surface area contributed by atoms with Gasteiger partial charge in [0, 0.05) is 24.4 Å². The Morgan fingerprint density at radius 2 is 1.97 bits per heavy atom. The molecule has 2 aromatic heterocycles. The van der Waals surface area contributed by atoms with Crippen molar-refractivity contribution in [1.29, 1.82) is 0 Å². The van der Waals surface area contributed by atoms with Crippen LogP contribution in [0.15, 0.2) is 67.0 Å². The summed E-state index contributed by atoms with van der Waals surface area (Å²) >= 11 is 0. The van der Waals surface area contributed by atoms with Gasteiger partial charge in [0.2, 0.25) is 0 Å². The zero-order chi connectivity index (χ0) is 24.0. The second kappa shape index (κ2) is 10.9. The smallest absolute Gasteiger partial charge is 0.151 e. The fourth-order valence-electron chi connectivity index (χ4n) is 5.06. The van der Waals surface area contributed by atoms with Crippen LogP contribution in [0.1, 0.15) is 30.5 Å². The number of nitrogens with two attached hydrogens (primary N) is 1. The van der Waals surface area contributed by atoms with Gasteiger partial charge in [-0.05, 0) is 68.1 Å². The minimum absolute atomic E-state index is 0.483. The maximum Gasteiger partial charge on any atom is 0.151 e. The van der Waals surface area contributed by atoms with E-state index in [9.17, 15) is 0 Å². The van der Waals surface area contributed by atoms with Gasteiger partial charge in [-0.3, -0.25) is 4.90 Å². The summed E-state index contributed by atoms with van der Waals surface area (Å²) in [6.45, 7) is 3.54. The summed E-state index contributed by atoms with van der Waals surface area (Å²) in [5.41, 5.74) is 11.5. The predicted molar refractivity (Wildman–Crippen MR) is 138 cm³/mol. The molecular weight excluding hydrogens is 438 g/mol. The van der Waals surface area contributed by atoms with Crippen molar-refractivity contribution in [3.05, 3.63) is 78.2 Å². The Balaban J connectivity index is 1.35. The van der Waals surface area contributed by atoms with Crippen molar-refractivity contribution in [3.8, 4) is 16.9 Å². The van der Waals surface area contributed by atoms with Crippen molar-refractivity contribution in [1.82, 2.24) is 19.5 Å². The number of nitrogens with zero attached hydrogens (tertiary/aromatic N) is 4. The van der Waals surface area contributed by atoms with Gasteiger partial charge in [0.1, 0.15) is 24.2 Å². The number of anilines is 1. The van der Waals surface area contributed by atoms with Gasteiger partial charge in [0.05, 0.1) is 6.61 Å². The fraction of sp³-hybridized carbons (Fsp3) is 0.357. The van der Waals surface area contributed by atoms with E-state index in [1.54, 1.807) is 7.11 Å². The molecule has 0 aliphatic carbocycles. The van der Waals surface area contributed by atoms with Gasteiger partial charge in [-0.25, -0.2) is 9.50 Å². The molecule has 7 heteroatoms. The molecule has 1 saturated heterocycles. The van der Waals surface area contributed by atoms with E-state index in [1.165, 1.54) is 19.2 Å². The van der Waals surface area contributed by atoms with E-state index in [0.29, 0.717) is 18.5 Å². The van der Waals surface area contributed by atoms with Crippen LogP contribution >= 0.6 is 0 Å². The highest BCUT2D eigenvalue weighted by Gasteiger charge is 2.24. The number of hydrogen-bond acceptors (Lipinski definition) is 6. The number of nitrogen functional groups attached to an aromatic ring is 1. The monoisotopic (exact) mass is 471 g/mol. The molecule has 35 heavy (non-hydrogen) atoms. The molecule has 182 valence electrons. The molecule has 1 aliphatic rings. The largest absolute Gasteiger partial charge is 0.489 e. The number of hydrogen-bond donors (Lipinski definition) is 1. The van der Waals surface area contributed by atoms with Crippen LogP contribution in [0.3, 0.4) is 0 Å². The minimum Gasteiger partial charge on any atom is -0.489 e. The maximum atomic E-state index is 6.33. The number of fused-ring (bicyclic) bond motifs is 1. The number of aryl methyl sites for hydroxylation is 1. The molecule has 7 nitrogen and oxygen atoms in total. The van der Waals surface area contributed by atoms with Crippen LogP contribution in [0.5, 0.6) is 5.75 Å². The zero-order valence-electron chi connectivity index (χ0n) is 20.3. The molecule has 0 spiro atoms. The molecule has 3 heterocycles. The average molecular weight is 472 g/mol. The number of ether oxygens (including phenoxy) is 2. The van der Waals surface area contributed by atoms with Crippen molar-refractivity contribution in [2.24, 2.45) is 0 Å². The lowest BCUT2D eigenvalue weighted by molar-refractivity contribution is 0.115. The minimum atomic E-state index is 0.483. The maximum absolute atomic E-state index is 6.33. The van der Waals surface area contributed by atoms with Crippen molar-refractivity contribution >= 4 is 11.3 Å². The van der Waals surface area contributed by atoms with Crippen LogP contribution in [-0.2, 0) is 17.8 Å². The molecule has 1 aliphatic heterocycles. The number of likely N-dealkylation sites (tertiary alicyclic amines) is 1. The third-order valence-corrected chi connectivity index (χ3v) is 6.79. The average Bonchev–Trinajstić information content (AvgIpc) is 3.49. The molecule has 0 bridgehead atoms. The lowest BCUT2D eigenvalue weighted by Gasteiger charge is -2.23. The summed E-state index contributed by atoms with van der Waals surface area (Å²) in [7, 11) is 1.79. The Morgan fingerprint density at radius 3 is 2.83 bits per heavy atom. The normalized spacial score (nSPS) is 16.2. The van der Waals surface area contributed by atoms with Crippen LogP contribution in [0.4, 0.5) is 5.82 Å². The summed E-state index contributed by atoms with van der Waals surface area (Å²) in [6, 6.07) is 21.1. The van der Waals surface area contributed by atoms with E-state index < -0.39 is 0 Å². The van der Waals surface area contributed by atoms with Gasteiger partial charge in [-0.1, -0.05) is 42.5 Å². The van der Waals surface area contributed by atoms with E-state index in [4.69, 9.17) is 15.2 Å². The summed E-state index contributed by atoms with van der Waals surface area (Å²) in [5, 5.41) is 4.54. The van der Waals surface area contributed by atoms with Gasteiger partial charge >= 0.3 is 0 Å². The quantitative estimate of drug-likeness (QED) is 0.364. The first kappa shape index (κ1) is 23.3. The Hall–Kier alpha value is -3.42. The molecular formula is C28H33N5O2. The highest BCUT2D eigenvalue weighted by atomic mass is 16.5. The predicted octanol–water partition coefficient (Wildman–Crippen LogP) is 4.60. The summed E-state index contributed by atoms with van der Waals surface area (Å²) in [4.78, 5) is 6.82. The SMILES string of the molecule is COC[C@@H]1CCCN1CCCc1cc(-c2cccc(OCc3ccccc3)c2)c2c(N)ncnn12. The Bertz CT molecular complexity index is 1260. The van der Waals surface area contributed by atoms with Crippen LogP contribution in [0, 0.1) is 0 Å². The summed E-state index contributed by atoms with van der Waals surface area (Å²) in [5.74, 6) is 1.30. The van der Waals surface area contributed by atoms with Gasteiger partial charge < -0.3 is 15.2 Å². The molecule has 0 radical (unpaired) electrons. The second-order valence-electron chi connectivity index (χ2n) is 9.15. The molecule has 1 fully saturated rings. The van der Waals surface area contributed by atoms with E-state index in [0.717, 1.165) is 66.2 Å². The van der Waals surface area contributed by atoms with E-state index in [2.05, 4.69) is 45.3 Å². The topological polar surface area (TPSA) is 77.9 Å². The molecule has 2 N–H and O–H groups in total. The molecule has 1 atom stereocenters. The van der Waals surface area contributed by atoms with Crippen LogP contribution in [0.25, 0.3) is 16.6 Å². The third-order valence-electron chi connectivity index (χ3n) is 6.79. The Labute approximate surface area is 206 Å². The van der Waals surface area contributed by atoms with Crippen molar-refractivity contribution < 1.29 is 9.47 Å². The van der Waals surface area contributed by atoms with Crippen molar-refractivity contribution in [3.63, 3.8) is 0 Å². The van der Waals surface area contributed by atoms with Crippen LogP contribution in [-0.4, -0.2) is 52.3 Å². The van der Waals surface area contributed by atoms with Gasteiger partial charge in [0.25, 0.3) is 0 Å². The standard InChI is InChI=1S/C28H33N5O2/c1-34-19-24-12-7-15-32(24)14-6-11-23-17-26(27-28(29)30-20-31-33(23)27)22-10-5-13-25(16-22)35-18-21-8-3-2-4-9-21/h2-5,8-10,13,16-17,20,24H,6-7,11-12,14-15,18-19H2,1H3,(H2,29,30,31)/t24-/m0/s1. The van der Waals surface area contributed by atoms with E-state index in [1.807, 2.05) is 34.8 Å². The summed E-state index contributed by atoms with van der Waals surface area (Å²) in [6.07, 6.45) is 5.97. The van der Waals surface area contributed by atoms with Gasteiger partial charge in [0.15, 0.2) is 5.82 Å². The zero-order valence-corrected chi connectivity index (χ0v) is 20.3. The van der Waals surface area contributed by atoms with Crippen LogP contribution in [0.2, 0.25) is 0 Å². The Morgan fingerprint density at radius 1 is 1.09 bits per heavy atom. The molecule has 0 amide bonds. The highest BCUT2D eigenvalue weighted by molar-refractivity contribution is 5.88.